The third-order valence-corrected chi connectivity index (χ3v) is 11.4. The van der Waals surface area contributed by atoms with Gasteiger partial charge in [0.2, 0.25) is 12.1 Å². The molecule has 0 radical (unpaired) electrons. The molecule has 24 heteroatoms. The average molecular weight is 1050 g/mol. The number of azo groups is 2. The standard InChI is InChI=1S/C46H36Cl4F6N8O6/c1-5-25-26(6-2)32(58-44(70)40(22(4)66)64-62-36-12-8-10-28(38(36)50)42(68)60-34-16-14-24(20-30(34)48)46(54,55)56)18-17-31(25)57-43(69)39(21(3)65)63-61-35-11-7-9-27(37(35)49)41(67)59-33-15-13-23(19-29(33)47)45(51,52)53/h7-20,39-40H,5-6H2,1-4H3,(H,57,69)(H,58,70)(H,59,67)(H,60,68). The number of benzene rings is 5. The Balaban J connectivity index is 1.30. The van der Waals surface area contributed by atoms with Gasteiger partial charge in [-0.25, -0.2) is 0 Å². The number of nitrogens with zero attached hydrogens (tertiary/aromatic N) is 4. The first-order valence-electron chi connectivity index (χ1n) is 20.4. The van der Waals surface area contributed by atoms with Crippen molar-refractivity contribution in [3.8, 4) is 0 Å². The van der Waals surface area contributed by atoms with Crippen molar-refractivity contribution in [3.63, 3.8) is 0 Å². The molecule has 70 heavy (non-hydrogen) atoms. The monoisotopic (exact) mass is 1050 g/mol. The van der Waals surface area contributed by atoms with Crippen molar-refractivity contribution < 1.29 is 55.1 Å². The molecule has 0 aliphatic rings. The molecule has 0 saturated carbocycles. The van der Waals surface area contributed by atoms with E-state index in [4.69, 9.17) is 46.4 Å². The SMILES string of the molecule is CCc1c(NC(=O)C(N=Nc2cccc(C(=O)Nc3ccc(C(F)(F)F)cc3Cl)c2Cl)C(C)=O)ccc(NC(=O)C(N=Nc2cccc(C(=O)Nc3ccc(C(F)(F)F)cc3Cl)c2Cl)C(C)=O)c1CC. The summed E-state index contributed by atoms with van der Waals surface area (Å²) in [7, 11) is 0. The fraction of sp³-hybridized carbons (Fsp3) is 0.217. The van der Waals surface area contributed by atoms with Crippen LogP contribution in [0.25, 0.3) is 0 Å². The molecule has 366 valence electrons. The van der Waals surface area contributed by atoms with Crippen molar-refractivity contribution in [1.82, 2.24) is 0 Å². The van der Waals surface area contributed by atoms with Gasteiger partial charge in [-0.15, -0.1) is 0 Å². The predicted octanol–water partition coefficient (Wildman–Crippen LogP) is 13.3. The Labute approximate surface area is 414 Å². The molecule has 0 fully saturated rings. The van der Waals surface area contributed by atoms with E-state index in [1.807, 2.05) is 0 Å². The topological polar surface area (TPSA) is 200 Å². The first-order valence-corrected chi connectivity index (χ1v) is 21.9. The molecule has 4 amide bonds. The molecule has 2 unspecified atom stereocenters. The highest BCUT2D eigenvalue weighted by Crippen LogP contribution is 2.37. The molecule has 5 aromatic carbocycles. The van der Waals surface area contributed by atoms with Crippen molar-refractivity contribution in [2.24, 2.45) is 20.5 Å². The highest BCUT2D eigenvalue weighted by molar-refractivity contribution is 6.38. The Bertz CT molecular complexity index is 2770. The maximum atomic E-state index is 13.6. The lowest BCUT2D eigenvalue weighted by molar-refractivity contribution is -0.138. The molecule has 5 aromatic rings. The van der Waals surface area contributed by atoms with Crippen molar-refractivity contribution in [1.29, 1.82) is 0 Å². The van der Waals surface area contributed by atoms with Crippen LogP contribution in [0.5, 0.6) is 0 Å². The van der Waals surface area contributed by atoms with Crippen LogP contribution in [0.4, 0.5) is 60.5 Å². The highest BCUT2D eigenvalue weighted by Gasteiger charge is 2.33. The first-order chi connectivity index (χ1) is 32.9. The van der Waals surface area contributed by atoms with Gasteiger partial charge in [-0.1, -0.05) is 72.4 Å². The second kappa shape index (κ2) is 22.8. The van der Waals surface area contributed by atoms with Gasteiger partial charge in [0.25, 0.3) is 23.6 Å². The largest absolute Gasteiger partial charge is 0.416 e. The van der Waals surface area contributed by atoms with Crippen LogP contribution in [0.2, 0.25) is 20.1 Å². The molecule has 2 atom stereocenters. The van der Waals surface area contributed by atoms with Crippen molar-refractivity contribution in [2.45, 2.75) is 65.0 Å². The van der Waals surface area contributed by atoms with Gasteiger partial charge in [0.05, 0.1) is 53.7 Å². The molecule has 4 N–H and O–H groups in total. The normalized spacial score (nSPS) is 12.7. The summed E-state index contributed by atoms with van der Waals surface area (Å²) in [5, 5.41) is 24.5. The molecular formula is C46H36Cl4F6N8O6. The van der Waals surface area contributed by atoms with E-state index in [1.165, 1.54) is 48.5 Å². The van der Waals surface area contributed by atoms with Crippen molar-refractivity contribution in [2.75, 3.05) is 21.3 Å². The van der Waals surface area contributed by atoms with E-state index in [0.29, 0.717) is 36.1 Å². The van der Waals surface area contributed by atoms with E-state index in [1.54, 1.807) is 13.8 Å². The van der Waals surface area contributed by atoms with Crippen molar-refractivity contribution >= 4 is 116 Å². The molecule has 0 spiro atoms. The summed E-state index contributed by atoms with van der Waals surface area (Å²) in [6.07, 6.45) is -8.76. The summed E-state index contributed by atoms with van der Waals surface area (Å²) in [6, 6.07) is 12.1. The highest BCUT2D eigenvalue weighted by atomic mass is 35.5. The van der Waals surface area contributed by atoms with Crippen LogP contribution in [0.1, 0.15) is 70.7 Å². The number of hydrogen-bond acceptors (Lipinski definition) is 10. The smallest absolute Gasteiger partial charge is 0.323 e. The molecule has 0 aromatic heterocycles. The quantitative estimate of drug-likeness (QED) is 0.0430. The predicted molar refractivity (Wildman–Crippen MR) is 252 cm³/mol. The minimum atomic E-state index is -4.67. The zero-order valence-corrected chi connectivity index (χ0v) is 39.7. The maximum Gasteiger partial charge on any atom is 0.416 e. The van der Waals surface area contributed by atoms with Crippen LogP contribution in [-0.2, 0) is 44.4 Å². The van der Waals surface area contributed by atoms with E-state index in [-0.39, 0.29) is 55.3 Å². The number of carbonyl (C=O) groups is 6. The van der Waals surface area contributed by atoms with Gasteiger partial charge in [-0.05, 0) is 111 Å². The van der Waals surface area contributed by atoms with E-state index in [2.05, 4.69) is 41.7 Å². The first kappa shape index (κ1) is 54.2. The van der Waals surface area contributed by atoms with E-state index in [9.17, 15) is 55.1 Å². The number of anilines is 4. The summed E-state index contributed by atoms with van der Waals surface area (Å²) in [6.45, 7) is 5.70. The molecule has 0 saturated heterocycles. The lowest BCUT2D eigenvalue weighted by Gasteiger charge is -2.20. The maximum absolute atomic E-state index is 13.6. The lowest BCUT2D eigenvalue weighted by Crippen LogP contribution is -2.33. The van der Waals surface area contributed by atoms with Crippen molar-refractivity contribution in [3.05, 3.63) is 138 Å². The number of amides is 4. The van der Waals surface area contributed by atoms with Gasteiger partial charge >= 0.3 is 12.4 Å². The fourth-order valence-electron chi connectivity index (χ4n) is 6.52. The van der Waals surface area contributed by atoms with Crippen LogP contribution >= 0.6 is 46.4 Å². The minimum Gasteiger partial charge on any atom is -0.323 e. The molecule has 0 aliphatic heterocycles. The van der Waals surface area contributed by atoms with Crippen LogP contribution in [0.3, 0.4) is 0 Å². The van der Waals surface area contributed by atoms with E-state index in [0.717, 1.165) is 38.1 Å². The van der Waals surface area contributed by atoms with Crippen LogP contribution in [0.15, 0.2) is 105 Å². The number of carbonyl (C=O) groups excluding carboxylic acids is 6. The Morgan fingerprint density at radius 1 is 0.514 bits per heavy atom. The zero-order valence-electron chi connectivity index (χ0n) is 36.7. The summed E-state index contributed by atoms with van der Waals surface area (Å²) in [5.41, 5.74) is -1.44. The second-order valence-corrected chi connectivity index (χ2v) is 16.4. The van der Waals surface area contributed by atoms with Gasteiger partial charge in [0.1, 0.15) is 11.4 Å². The summed E-state index contributed by atoms with van der Waals surface area (Å²) in [5.74, 6) is -5.01. The van der Waals surface area contributed by atoms with E-state index < -0.39 is 80.8 Å². The number of halogens is 10. The number of nitrogens with one attached hydrogen (secondary N) is 4. The minimum absolute atomic E-state index is 0.137. The average Bonchev–Trinajstić information content (AvgIpc) is 3.28. The Morgan fingerprint density at radius 3 is 1.16 bits per heavy atom. The molecule has 14 nitrogen and oxygen atoms in total. The third kappa shape index (κ3) is 13.1. The zero-order chi connectivity index (χ0) is 51.8. The fourth-order valence-corrected chi connectivity index (χ4v) is 7.48. The van der Waals surface area contributed by atoms with Crippen LogP contribution in [0, 0.1) is 0 Å². The lowest BCUT2D eigenvalue weighted by atomic mass is 9.98. The molecule has 0 heterocycles. The molecular weight excluding hydrogens is 1020 g/mol. The Kier molecular flexibility index (Phi) is 17.6. The Hall–Kier alpha value is -6.74. The van der Waals surface area contributed by atoms with Crippen LogP contribution < -0.4 is 21.3 Å². The summed E-state index contributed by atoms with van der Waals surface area (Å²) in [4.78, 5) is 78.8. The molecule has 0 aliphatic carbocycles. The van der Waals surface area contributed by atoms with Gasteiger partial charge in [-0.2, -0.15) is 46.8 Å². The van der Waals surface area contributed by atoms with Gasteiger partial charge in [-0.3, -0.25) is 28.8 Å². The molecule has 0 bridgehead atoms. The number of alkyl halides is 6. The summed E-state index contributed by atoms with van der Waals surface area (Å²) < 4.78 is 78.5. The number of hydrogen-bond donors (Lipinski definition) is 4. The van der Waals surface area contributed by atoms with Crippen LogP contribution in [-0.4, -0.2) is 47.3 Å². The third-order valence-electron chi connectivity index (χ3n) is 10.0. The second-order valence-electron chi connectivity index (χ2n) is 14.8. The summed E-state index contributed by atoms with van der Waals surface area (Å²) >= 11 is 24.9. The van der Waals surface area contributed by atoms with Gasteiger partial charge < -0.3 is 21.3 Å². The van der Waals surface area contributed by atoms with E-state index >= 15 is 0 Å². The number of Topliss-reactive ketones (excluding diaryl/α,β-unsaturated/α-hetero) is 2. The number of ketones is 2. The van der Waals surface area contributed by atoms with Gasteiger partial charge in [0, 0.05) is 11.4 Å². The number of rotatable bonds is 16. The molecule has 5 rings (SSSR count). The Morgan fingerprint density at radius 2 is 0.857 bits per heavy atom. The van der Waals surface area contributed by atoms with Gasteiger partial charge in [0.15, 0.2) is 11.6 Å².